The molecule has 0 bridgehead atoms. The van der Waals surface area contributed by atoms with Crippen LogP contribution in [0.4, 0.5) is 4.79 Å². The van der Waals surface area contributed by atoms with Gasteiger partial charge in [-0.2, -0.15) is 5.10 Å². The number of urea groups is 1. The van der Waals surface area contributed by atoms with Gasteiger partial charge in [0.1, 0.15) is 0 Å². The highest BCUT2D eigenvalue weighted by Crippen LogP contribution is 2.28. The number of rotatable bonds is 3. The molecule has 3 aromatic rings. The second-order valence-electron chi connectivity index (χ2n) is 7.04. The van der Waals surface area contributed by atoms with Crippen LogP contribution in [0.2, 0.25) is 5.02 Å². The molecule has 1 atom stereocenters. The third kappa shape index (κ3) is 4.02. The van der Waals surface area contributed by atoms with Gasteiger partial charge in [-0.05, 0) is 53.8 Å². The van der Waals surface area contributed by atoms with Crippen molar-refractivity contribution in [3.63, 3.8) is 0 Å². The highest BCUT2D eigenvalue weighted by Gasteiger charge is 2.23. The fourth-order valence-corrected chi connectivity index (χ4v) is 3.77. The minimum Gasteiger partial charge on any atom is -0.332 e. The lowest BCUT2D eigenvalue weighted by Gasteiger charge is -2.23. The molecule has 7 heteroatoms. The Hall–Kier alpha value is -2.86. The summed E-state index contributed by atoms with van der Waals surface area (Å²) in [5, 5.41) is 7.93. The van der Waals surface area contributed by atoms with Crippen LogP contribution in [0.5, 0.6) is 0 Å². The van der Waals surface area contributed by atoms with Crippen LogP contribution in [-0.4, -0.2) is 38.8 Å². The van der Waals surface area contributed by atoms with Gasteiger partial charge in [-0.15, -0.1) is 0 Å². The van der Waals surface area contributed by atoms with Gasteiger partial charge in [0.15, 0.2) is 5.82 Å². The van der Waals surface area contributed by atoms with Crippen LogP contribution in [0.15, 0.2) is 54.9 Å². The van der Waals surface area contributed by atoms with Crippen molar-refractivity contribution in [2.75, 3.05) is 13.1 Å². The van der Waals surface area contributed by atoms with E-state index in [0.717, 1.165) is 23.0 Å². The average molecular weight is 396 g/mol. The quantitative estimate of drug-likeness (QED) is 0.733. The first-order valence-electron chi connectivity index (χ1n) is 9.37. The normalized spacial score (nSPS) is 16.4. The Kier molecular flexibility index (Phi) is 5.30. The maximum atomic E-state index is 12.7. The molecule has 1 aliphatic heterocycles. The average Bonchev–Trinajstić information content (AvgIpc) is 3.19. The third-order valence-electron chi connectivity index (χ3n) is 5.02. The number of aromatic nitrogens is 3. The Bertz CT molecular complexity index is 973. The van der Waals surface area contributed by atoms with Crippen LogP contribution in [0.1, 0.15) is 29.7 Å². The fraction of sp³-hybridized carbons (Fsp3) is 0.286. The SMILES string of the molecule is C[C@H]1CN(C(=O)NCc2cccc(-n3cccn3)n2)CCc2ccc(Cl)cc21. The predicted molar refractivity (Wildman–Crippen MR) is 109 cm³/mol. The van der Waals surface area contributed by atoms with Crippen molar-refractivity contribution < 1.29 is 4.79 Å². The van der Waals surface area contributed by atoms with Crippen molar-refractivity contribution in [1.82, 2.24) is 25.0 Å². The molecule has 144 valence electrons. The molecule has 1 aromatic carbocycles. The van der Waals surface area contributed by atoms with Gasteiger partial charge in [-0.25, -0.2) is 14.5 Å². The summed E-state index contributed by atoms with van der Waals surface area (Å²) < 4.78 is 1.70. The van der Waals surface area contributed by atoms with Gasteiger partial charge in [-0.1, -0.05) is 30.7 Å². The molecule has 1 N–H and O–H groups in total. The van der Waals surface area contributed by atoms with Gasteiger partial charge in [0.25, 0.3) is 0 Å². The van der Waals surface area contributed by atoms with Crippen molar-refractivity contribution in [2.24, 2.45) is 0 Å². The van der Waals surface area contributed by atoms with Gasteiger partial charge < -0.3 is 10.2 Å². The second kappa shape index (κ2) is 8.02. The van der Waals surface area contributed by atoms with E-state index < -0.39 is 0 Å². The molecule has 0 spiro atoms. The molecule has 4 rings (SSSR count). The van der Waals surface area contributed by atoms with Gasteiger partial charge in [0, 0.05) is 30.5 Å². The number of nitrogens with zero attached hydrogens (tertiary/aromatic N) is 4. The number of halogens is 1. The zero-order valence-electron chi connectivity index (χ0n) is 15.7. The van der Waals surface area contributed by atoms with E-state index in [1.165, 1.54) is 11.1 Å². The number of amides is 2. The smallest absolute Gasteiger partial charge is 0.317 e. The van der Waals surface area contributed by atoms with E-state index in [1.54, 1.807) is 10.9 Å². The lowest BCUT2D eigenvalue weighted by Crippen LogP contribution is -2.41. The molecular formula is C21H22ClN5O. The minimum absolute atomic E-state index is 0.0722. The fourth-order valence-electron chi connectivity index (χ4n) is 3.59. The molecule has 0 unspecified atom stereocenters. The number of nitrogens with one attached hydrogen (secondary N) is 1. The summed E-state index contributed by atoms with van der Waals surface area (Å²) in [5.41, 5.74) is 3.29. The van der Waals surface area contributed by atoms with Crippen LogP contribution in [0, 0.1) is 0 Å². The van der Waals surface area contributed by atoms with Crippen molar-refractivity contribution in [3.8, 4) is 5.82 Å². The Labute approximate surface area is 169 Å². The highest BCUT2D eigenvalue weighted by molar-refractivity contribution is 6.30. The monoisotopic (exact) mass is 395 g/mol. The number of fused-ring (bicyclic) bond motifs is 1. The highest BCUT2D eigenvalue weighted by atomic mass is 35.5. The molecule has 3 heterocycles. The predicted octanol–water partition coefficient (Wildman–Crippen LogP) is 3.79. The van der Waals surface area contributed by atoms with Crippen LogP contribution in [-0.2, 0) is 13.0 Å². The number of benzene rings is 1. The topological polar surface area (TPSA) is 63.1 Å². The first kappa shape index (κ1) is 18.5. The van der Waals surface area contributed by atoms with Crippen LogP contribution in [0.25, 0.3) is 5.82 Å². The molecular weight excluding hydrogens is 374 g/mol. The molecule has 28 heavy (non-hydrogen) atoms. The van der Waals surface area contributed by atoms with Crippen LogP contribution >= 0.6 is 11.6 Å². The minimum atomic E-state index is -0.0722. The molecule has 1 aliphatic rings. The molecule has 0 fully saturated rings. The van der Waals surface area contributed by atoms with Gasteiger partial charge in [-0.3, -0.25) is 0 Å². The van der Waals surface area contributed by atoms with Crippen molar-refractivity contribution >= 4 is 17.6 Å². The van der Waals surface area contributed by atoms with E-state index in [-0.39, 0.29) is 11.9 Å². The van der Waals surface area contributed by atoms with E-state index in [9.17, 15) is 4.79 Å². The molecule has 2 amide bonds. The Morgan fingerprint density at radius 3 is 3.00 bits per heavy atom. The first-order chi connectivity index (χ1) is 13.6. The van der Waals surface area contributed by atoms with Gasteiger partial charge in [0.2, 0.25) is 0 Å². The van der Waals surface area contributed by atoms with Gasteiger partial charge >= 0.3 is 6.03 Å². The largest absolute Gasteiger partial charge is 0.332 e. The summed E-state index contributed by atoms with van der Waals surface area (Å²) in [5.74, 6) is 0.968. The molecule has 6 nitrogen and oxygen atoms in total. The number of pyridine rings is 1. The van der Waals surface area contributed by atoms with Gasteiger partial charge in [0.05, 0.1) is 12.2 Å². The summed E-state index contributed by atoms with van der Waals surface area (Å²) in [6.07, 6.45) is 4.38. The van der Waals surface area contributed by atoms with Crippen LogP contribution < -0.4 is 5.32 Å². The Morgan fingerprint density at radius 2 is 2.18 bits per heavy atom. The number of carbonyl (C=O) groups excluding carboxylic acids is 1. The molecule has 0 saturated carbocycles. The lowest BCUT2D eigenvalue weighted by atomic mass is 9.95. The summed E-state index contributed by atoms with van der Waals surface area (Å²) in [6.45, 7) is 3.86. The number of hydrogen-bond acceptors (Lipinski definition) is 3. The first-order valence-corrected chi connectivity index (χ1v) is 9.75. The summed E-state index contributed by atoms with van der Waals surface area (Å²) in [4.78, 5) is 19.2. The van der Waals surface area contributed by atoms with E-state index in [1.807, 2.05) is 47.5 Å². The molecule has 2 aromatic heterocycles. The van der Waals surface area contributed by atoms with E-state index in [0.29, 0.717) is 19.6 Å². The van der Waals surface area contributed by atoms with E-state index in [2.05, 4.69) is 28.4 Å². The summed E-state index contributed by atoms with van der Waals surface area (Å²) in [7, 11) is 0. The maximum Gasteiger partial charge on any atom is 0.317 e. The van der Waals surface area contributed by atoms with Crippen molar-refractivity contribution in [2.45, 2.75) is 25.8 Å². The maximum absolute atomic E-state index is 12.7. The number of carbonyl (C=O) groups is 1. The molecule has 0 radical (unpaired) electrons. The van der Waals surface area contributed by atoms with E-state index in [4.69, 9.17) is 11.6 Å². The standard InChI is InChI=1S/C21H22ClN5O/c1-15-14-26(11-8-16-6-7-17(22)12-19(15)16)21(28)23-13-18-4-2-5-20(25-18)27-10-3-9-24-27/h2-7,9-10,12,15H,8,11,13-14H2,1H3,(H,23,28)/t15-/m0/s1. The Morgan fingerprint density at radius 1 is 1.29 bits per heavy atom. The van der Waals surface area contributed by atoms with Crippen LogP contribution in [0.3, 0.4) is 0 Å². The summed E-state index contributed by atoms with van der Waals surface area (Å²) in [6, 6.07) is 13.5. The number of hydrogen-bond donors (Lipinski definition) is 1. The third-order valence-corrected chi connectivity index (χ3v) is 5.26. The molecule has 0 aliphatic carbocycles. The summed E-state index contributed by atoms with van der Waals surface area (Å²) >= 11 is 6.16. The van der Waals surface area contributed by atoms with Crippen molar-refractivity contribution in [1.29, 1.82) is 0 Å². The Balaban J connectivity index is 1.40. The van der Waals surface area contributed by atoms with Crippen molar-refractivity contribution in [3.05, 3.63) is 76.7 Å². The van der Waals surface area contributed by atoms with E-state index >= 15 is 0 Å². The lowest BCUT2D eigenvalue weighted by molar-refractivity contribution is 0.196. The zero-order chi connectivity index (χ0) is 19.5. The molecule has 0 saturated heterocycles. The zero-order valence-corrected chi connectivity index (χ0v) is 16.4. The second-order valence-corrected chi connectivity index (χ2v) is 7.47.